The molecule has 4 rings (SSSR count). The van der Waals surface area contributed by atoms with E-state index in [-0.39, 0.29) is 12.1 Å². The average molecular weight is 358 g/mol. The zero-order chi connectivity index (χ0) is 17.6. The summed E-state index contributed by atoms with van der Waals surface area (Å²) in [4.78, 5) is 0. The van der Waals surface area contributed by atoms with Crippen LogP contribution in [0.15, 0.2) is 30.3 Å². The highest BCUT2D eigenvalue weighted by Gasteiger charge is 2.41. The van der Waals surface area contributed by atoms with Gasteiger partial charge in [-0.2, -0.15) is 0 Å². The van der Waals surface area contributed by atoms with Crippen molar-refractivity contribution in [3.63, 3.8) is 0 Å². The van der Waals surface area contributed by atoms with Crippen LogP contribution >= 0.6 is 11.6 Å². The summed E-state index contributed by atoms with van der Waals surface area (Å²) in [5.41, 5.74) is 6.14. The van der Waals surface area contributed by atoms with Crippen molar-refractivity contribution in [1.29, 1.82) is 0 Å². The summed E-state index contributed by atoms with van der Waals surface area (Å²) in [6.07, 6.45) is 2.34. The molecule has 0 saturated carbocycles. The molecule has 3 atom stereocenters. The van der Waals surface area contributed by atoms with Crippen LogP contribution < -0.4 is 10.1 Å². The van der Waals surface area contributed by atoms with E-state index in [2.05, 4.69) is 31.3 Å². The smallest absolute Gasteiger partial charge is 0.124 e. The SMILES string of the molecule is COc1ccc(Cl)cc1C1Nc2c(C)cc(C)cc2C2OCCCC12. The predicted octanol–water partition coefficient (Wildman–Crippen LogP) is 5.60. The van der Waals surface area contributed by atoms with Gasteiger partial charge in [-0.05, 0) is 50.5 Å². The Kier molecular flexibility index (Phi) is 4.38. The molecule has 0 amide bonds. The maximum absolute atomic E-state index is 6.31. The van der Waals surface area contributed by atoms with Crippen molar-refractivity contribution in [3.8, 4) is 5.75 Å². The van der Waals surface area contributed by atoms with Crippen molar-refractivity contribution in [2.75, 3.05) is 19.0 Å². The molecule has 3 unspecified atom stereocenters. The number of ether oxygens (including phenoxy) is 2. The predicted molar refractivity (Wildman–Crippen MR) is 102 cm³/mol. The van der Waals surface area contributed by atoms with Crippen molar-refractivity contribution in [3.05, 3.63) is 57.6 Å². The molecule has 0 spiro atoms. The first kappa shape index (κ1) is 16.7. The maximum atomic E-state index is 6.31. The number of nitrogens with one attached hydrogen (secondary N) is 1. The highest BCUT2D eigenvalue weighted by atomic mass is 35.5. The number of anilines is 1. The monoisotopic (exact) mass is 357 g/mol. The van der Waals surface area contributed by atoms with Gasteiger partial charge in [0.05, 0.1) is 19.3 Å². The average Bonchev–Trinajstić information content (AvgIpc) is 2.61. The molecule has 0 aliphatic carbocycles. The Hall–Kier alpha value is -1.71. The van der Waals surface area contributed by atoms with Gasteiger partial charge in [0.15, 0.2) is 0 Å². The standard InChI is InChI=1S/C21H24ClNO2/c1-12-9-13(2)19-17(10-12)21-15(5-4-8-25-21)20(23-19)16-11-14(22)6-7-18(16)24-3/h6-7,9-11,15,20-21,23H,4-5,8H2,1-3H3. The van der Waals surface area contributed by atoms with Gasteiger partial charge in [-0.15, -0.1) is 0 Å². The zero-order valence-electron chi connectivity index (χ0n) is 14.9. The van der Waals surface area contributed by atoms with Crippen molar-refractivity contribution in [2.45, 2.75) is 38.8 Å². The van der Waals surface area contributed by atoms with Crippen LogP contribution in [0, 0.1) is 19.8 Å². The number of hydrogen-bond donors (Lipinski definition) is 1. The number of halogens is 1. The van der Waals surface area contributed by atoms with Gasteiger partial charge < -0.3 is 14.8 Å². The van der Waals surface area contributed by atoms with Crippen LogP contribution in [0.2, 0.25) is 5.02 Å². The van der Waals surface area contributed by atoms with Gasteiger partial charge in [0.2, 0.25) is 0 Å². The van der Waals surface area contributed by atoms with Crippen molar-refractivity contribution in [2.24, 2.45) is 5.92 Å². The third kappa shape index (κ3) is 2.90. The fourth-order valence-electron chi connectivity index (χ4n) is 4.41. The molecular formula is C21H24ClNO2. The number of benzene rings is 2. The molecule has 25 heavy (non-hydrogen) atoms. The second-order valence-electron chi connectivity index (χ2n) is 7.15. The third-order valence-corrected chi connectivity index (χ3v) is 5.67. The minimum atomic E-state index is 0.122. The molecule has 4 heteroatoms. The summed E-state index contributed by atoms with van der Waals surface area (Å²) in [5.74, 6) is 1.24. The van der Waals surface area contributed by atoms with Gasteiger partial charge in [0.25, 0.3) is 0 Å². The van der Waals surface area contributed by atoms with Crippen LogP contribution in [0.5, 0.6) is 5.75 Å². The van der Waals surface area contributed by atoms with Crippen molar-refractivity contribution < 1.29 is 9.47 Å². The lowest BCUT2D eigenvalue weighted by atomic mass is 9.76. The number of aryl methyl sites for hydroxylation is 2. The van der Waals surface area contributed by atoms with Crippen LogP contribution in [0.4, 0.5) is 5.69 Å². The molecule has 3 nitrogen and oxygen atoms in total. The molecule has 0 aromatic heterocycles. The minimum Gasteiger partial charge on any atom is -0.496 e. The number of rotatable bonds is 2. The molecule has 1 fully saturated rings. The fourth-order valence-corrected chi connectivity index (χ4v) is 4.59. The van der Waals surface area contributed by atoms with Gasteiger partial charge in [-0.1, -0.05) is 29.3 Å². The molecule has 2 heterocycles. The van der Waals surface area contributed by atoms with E-state index in [4.69, 9.17) is 21.1 Å². The molecule has 2 aromatic carbocycles. The van der Waals surface area contributed by atoms with E-state index in [1.54, 1.807) is 7.11 Å². The van der Waals surface area contributed by atoms with Gasteiger partial charge >= 0.3 is 0 Å². The van der Waals surface area contributed by atoms with Crippen LogP contribution in [0.1, 0.15) is 47.2 Å². The highest BCUT2D eigenvalue weighted by Crippen LogP contribution is 2.51. The molecule has 2 aliphatic rings. The van der Waals surface area contributed by atoms with Crippen LogP contribution in [-0.4, -0.2) is 13.7 Å². The third-order valence-electron chi connectivity index (χ3n) is 5.44. The Morgan fingerprint density at radius 1 is 1.16 bits per heavy atom. The van der Waals surface area contributed by atoms with Crippen molar-refractivity contribution in [1.82, 2.24) is 0 Å². The summed E-state index contributed by atoms with van der Waals surface area (Å²) >= 11 is 6.31. The van der Waals surface area contributed by atoms with Gasteiger partial charge in [-0.25, -0.2) is 0 Å². The Morgan fingerprint density at radius 2 is 2.00 bits per heavy atom. The van der Waals surface area contributed by atoms with E-state index in [9.17, 15) is 0 Å². The van der Waals surface area contributed by atoms with Crippen LogP contribution in [-0.2, 0) is 4.74 Å². The summed E-state index contributed by atoms with van der Waals surface area (Å²) in [5, 5.41) is 4.52. The molecule has 2 aromatic rings. The normalized spacial score (nSPS) is 24.9. The zero-order valence-corrected chi connectivity index (χ0v) is 15.7. The second-order valence-corrected chi connectivity index (χ2v) is 7.59. The van der Waals surface area contributed by atoms with E-state index in [0.29, 0.717) is 5.92 Å². The van der Waals surface area contributed by atoms with E-state index in [1.165, 1.54) is 22.4 Å². The van der Waals surface area contributed by atoms with E-state index < -0.39 is 0 Å². The molecule has 0 radical (unpaired) electrons. The molecule has 1 N–H and O–H groups in total. The van der Waals surface area contributed by atoms with Gasteiger partial charge in [0, 0.05) is 34.4 Å². The largest absolute Gasteiger partial charge is 0.496 e. The Balaban J connectivity index is 1.85. The van der Waals surface area contributed by atoms with E-state index >= 15 is 0 Å². The summed E-state index contributed by atoms with van der Waals surface area (Å²) < 4.78 is 11.9. The topological polar surface area (TPSA) is 30.5 Å². The number of fused-ring (bicyclic) bond motifs is 3. The second kappa shape index (κ2) is 6.54. The minimum absolute atomic E-state index is 0.122. The first-order valence-electron chi connectivity index (χ1n) is 8.91. The Morgan fingerprint density at radius 3 is 2.80 bits per heavy atom. The molecule has 132 valence electrons. The quantitative estimate of drug-likeness (QED) is 0.758. The van der Waals surface area contributed by atoms with Gasteiger partial charge in [0.1, 0.15) is 5.75 Å². The number of methoxy groups -OCH3 is 1. The lowest BCUT2D eigenvalue weighted by Gasteiger charge is -2.44. The molecular weight excluding hydrogens is 334 g/mol. The lowest BCUT2D eigenvalue weighted by Crippen LogP contribution is -2.36. The summed E-state index contributed by atoms with van der Waals surface area (Å²) in [7, 11) is 1.72. The first-order valence-corrected chi connectivity index (χ1v) is 9.29. The van der Waals surface area contributed by atoms with E-state index in [0.717, 1.165) is 35.8 Å². The first-order chi connectivity index (χ1) is 12.1. The Labute approximate surface area is 154 Å². The molecule has 0 bridgehead atoms. The summed E-state index contributed by atoms with van der Waals surface area (Å²) in [6, 6.07) is 10.5. The number of hydrogen-bond acceptors (Lipinski definition) is 3. The maximum Gasteiger partial charge on any atom is 0.124 e. The molecule has 1 saturated heterocycles. The highest BCUT2D eigenvalue weighted by molar-refractivity contribution is 6.30. The van der Waals surface area contributed by atoms with E-state index in [1.807, 2.05) is 18.2 Å². The summed E-state index contributed by atoms with van der Waals surface area (Å²) in [6.45, 7) is 5.14. The van der Waals surface area contributed by atoms with Gasteiger partial charge in [-0.3, -0.25) is 0 Å². The molecule has 2 aliphatic heterocycles. The Bertz CT molecular complexity index is 805. The van der Waals surface area contributed by atoms with Crippen LogP contribution in [0.25, 0.3) is 0 Å². The lowest BCUT2D eigenvalue weighted by molar-refractivity contribution is -0.0383. The fraction of sp³-hybridized carbons (Fsp3) is 0.429. The van der Waals surface area contributed by atoms with Crippen molar-refractivity contribution >= 4 is 17.3 Å². The van der Waals surface area contributed by atoms with Crippen LogP contribution in [0.3, 0.4) is 0 Å².